The molecule has 0 bridgehead atoms. The van der Waals surface area contributed by atoms with Crippen molar-refractivity contribution in [1.29, 1.82) is 0 Å². The SMILES string of the molecule is O=C(Nc1ccc(C(F)(F)F)cc1Cl)c1cncc(Cl)n1. The Labute approximate surface area is 126 Å². The molecule has 1 aromatic heterocycles. The lowest BCUT2D eigenvalue weighted by molar-refractivity contribution is -0.137. The second-order valence-electron chi connectivity index (χ2n) is 3.87. The topological polar surface area (TPSA) is 54.9 Å². The van der Waals surface area contributed by atoms with E-state index < -0.39 is 17.6 Å². The summed E-state index contributed by atoms with van der Waals surface area (Å²) < 4.78 is 37.5. The zero-order chi connectivity index (χ0) is 15.6. The number of nitrogens with zero attached hydrogens (tertiary/aromatic N) is 2. The van der Waals surface area contributed by atoms with Crippen LogP contribution in [0.1, 0.15) is 16.1 Å². The van der Waals surface area contributed by atoms with Crippen LogP contribution in [0, 0.1) is 0 Å². The molecule has 0 saturated heterocycles. The lowest BCUT2D eigenvalue weighted by atomic mass is 10.2. The molecule has 2 rings (SSSR count). The van der Waals surface area contributed by atoms with Gasteiger partial charge in [0.1, 0.15) is 10.8 Å². The summed E-state index contributed by atoms with van der Waals surface area (Å²) in [6.07, 6.45) is -2.10. The van der Waals surface area contributed by atoms with Crippen molar-refractivity contribution < 1.29 is 18.0 Å². The van der Waals surface area contributed by atoms with E-state index in [2.05, 4.69) is 15.3 Å². The lowest BCUT2D eigenvalue weighted by Gasteiger charge is -2.10. The number of carbonyl (C=O) groups excluding carboxylic acids is 1. The van der Waals surface area contributed by atoms with Crippen LogP contribution >= 0.6 is 23.2 Å². The number of benzene rings is 1. The predicted molar refractivity (Wildman–Crippen MR) is 71.4 cm³/mol. The molecule has 110 valence electrons. The highest BCUT2D eigenvalue weighted by atomic mass is 35.5. The molecule has 1 N–H and O–H groups in total. The highest BCUT2D eigenvalue weighted by molar-refractivity contribution is 6.34. The Bertz CT molecular complexity index is 692. The van der Waals surface area contributed by atoms with E-state index >= 15 is 0 Å². The minimum Gasteiger partial charge on any atom is -0.319 e. The summed E-state index contributed by atoms with van der Waals surface area (Å²) in [4.78, 5) is 19.2. The number of anilines is 1. The number of halogens is 5. The molecular weight excluding hydrogens is 330 g/mol. The van der Waals surface area contributed by atoms with Crippen LogP contribution in [0.25, 0.3) is 0 Å². The minimum atomic E-state index is -4.51. The highest BCUT2D eigenvalue weighted by Gasteiger charge is 2.31. The molecule has 0 unspecified atom stereocenters. The number of hydrogen-bond acceptors (Lipinski definition) is 3. The molecule has 0 aliphatic heterocycles. The van der Waals surface area contributed by atoms with E-state index in [0.717, 1.165) is 18.2 Å². The molecule has 0 saturated carbocycles. The Morgan fingerprint density at radius 2 is 1.90 bits per heavy atom. The monoisotopic (exact) mass is 335 g/mol. The average Bonchev–Trinajstić information content (AvgIpc) is 2.39. The quantitative estimate of drug-likeness (QED) is 0.900. The Kier molecular flexibility index (Phi) is 4.34. The van der Waals surface area contributed by atoms with Crippen LogP contribution < -0.4 is 5.32 Å². The molecule has 0 aliphatic carbocycles. The number of carbonyl (C=O) groups is 1. The van der Waals surface area contributed by atoms with Crippen molar-refractivity contribution in [3.05, 3.63) is 52.0 Å². The first-order valence-electron chi connectivity index (χ1n) is 5.43. The first kappa shape index (κ1) is 15.5. The molecule has 1 heterocycles. The first-order chi connectivity index (χ1) is 9.77. The summed E-state index contributed by atoms with van der Waals surface area (Å²) >= 11 is 11.3. The molecule has 0 spiro atoms. The maximum atomic E-state index is 12.5. The maximum absolute atomic E-state index is 12.5. The van der Waals surface area contributed by atoms with Gasteiger partial charge in [-0.3, -0.25) is 9.78 Å². The van der Waals surface area contributed by atoms with Crippen molar-refractivity contribution in [2.24, 2.45) is 0 Å². The van der Waals surface area contributed by atoms with Crippen molar-refractivity contribution in [3.8, 4) is 0 Å². The zero-order valence-corrected chi connectivity index (χ0v) is 11.6. The maximum Gasteiger partial charge on any atom is 0.416 e. The molecule has 9 heteroatoms. The molecule has 2 aromatic rings. The molecule has 21 heavy (non-hydrogen) atoms. The van der Waals surface area contributed by atoms with Gasteiger partial charge in [-0.2, -0.15) is 13.2 Å². The number of aromatic nitrogens is 2. The number of amides is 1. The van der Waals surface area contributed by atoms with E-state index in [4.69, 9.17) is 23.2 Å². The second-order valence-corrected chi connectivity index (χ2v) is 4.67. The van der Waals surface area contributed by atoms with Crippen molar-refractivity contribution in [1.82, 2.24) is 9.97 Å². The Balaban J connectivity index is 2.22. The van der Waals surface area contributed by atoms with E-state index in [1.807, 2.05) is 0 Å². The number of alkyl halides is 3. The van der Waals surface area contributed by atoms with Gasteiger partial charge >= 0.3 is 6.18 Å². The second kappa shape index (κ2) is 5.87. The molecule has 0 fully saturated rings. The highest BCUT2D eigenvalue weighted by Crippen LogP contribution is 2.33. The van der Waals surface area contributed by atoms with E-state index in [1.54, 1.807) is 0 Å². The van der Waals surface area contributed by atoms with Gasteiger partial charge in [0, 0.05) is 0 Å². The molecule has 1 amide bonds. The van der Waals surface area contributed by atoms with Crippen LogP contribution in [0.4, 0.5) is 18.9 Å². The Morgan fingerprint density at radius 3 is 2.48 bits per heavy atom. The summed E-state index contributed by atoms with van der Waals surface area (Å²) in [5.74, 6) is -0.688. The third kappa shape index (κ3) is 3.83. The Hall–Kier alpha value is -1.86. The number of nitrogens with one attached hydrogen (secondary N) is 1. The normalized spacial score (nSPS) is 11.3. The standard InChI is InChI=1S/C12H6Cl2F3N3O/c13-7-3-6(12(15,16)17)1-2-8(7)20-11(21)9-4-18-5-10(14)19-9/h1-5H,(H,20,21). The van der Waals surface area contributed by atoms with Gasteiger partial charge in [-0.05, 0) is 18.2 Å². The van der Waals surface area contributed by atoms with Crippen molar-refractivity contribution in [3.63, 3.8) is 0 Å². The van der Waals surface area contributed by atoms with E-state index in [-0.39, 0.29) is 21.6 Å². The van der Waals surface area contributed by atoms with Crippen LogP contribution in [0.15, 0.2) is 30.6 Å². The van der Waals surface area contributed by atoms with Gasteiger partial charge in [-0.25, -0.2) is 4.98 Å². The molecule has 1 aromatic carbocycles. The Morgan fingerprint density at radius 1 is 1.19 bits per heavy atom. The molecule has 0 atom stereocenters. The van der Waals surface area contributed by atoms with Crippen LogP contribution in [-0.4, -0.2) is 15.9 Å². The zero-order valence-electron chi connectivity index (χ0n) is 10.1. The first-order valence-corrected chi connectivity index (χ1v) is 6.18. The van der Waals surface area contributed by atoms with Crippen LogP contribution in [0.2, 0.25) is 10.2 Å². The molecule has 0 aliphatic rings. The largest absolute Gasteiger partial charge is 0.416 e. The average molecular weight is 336 g/mol. The fourth-order valence-electron chi connectivity index (χ4n) is 1.43. The number of hydrogen-bond donors (Lipinski definition) is 1. The van der Waals surface area contributed by atoms with Gasteiger partial charge in [0.15, 0.2) is 0 Å². The van der Waals surface area contributed by atoms with Crippen LogP contribution in [0.5, 0.6) is 0 Å². The van der Waals surface area contributed by atoms with Gasteiger partial charge in [-0.1, -0.05) is 23.2 Å². The molecular formula is C12H6Cl2F3N3O. The predicted octanol–water partition coefficient (Wildman–Crippen LogP) is 4.05. The lowest BCUT2D eigenvalue weighted by Crippen LogP contribution is -2.15. The minimum absolute atomic E-state index is 0.0150. The summed E-state index contributed by atoms with van der Waals surface area (Å²) in [7, 11) is 0. The summed E-state index contributed by atoms with van der Waals surface area (Å²) in [6.45, 7) is 0. The van der Waals surface area contributed by atoms with Crippen LogP contribution in [0.3, 0.4) is 0 Å². The van der Waals surface area contributed by atoms with Gasteiger partial charge in [0.2, 0.25) is 0 Å². The smallest absolute Gasteiger partial charge is 0.319 e. The third-order valence-corrected chi connectivity index (χ3v) is 2.88. The summed E-state index contributed by atoms with van der Waals surface area (Å²) in [6, 6.07) is 2.59. The van der Waals surface area contributed by atoms with Gasteiger partial charge in [0.05, 0.1) is 28.7 Å². The fraction of sp³-hybridized carbons (Fsp3) is 0.0833. The van der Waals surface area contributed by atoms with Crippen molar-refractivity contribution >= 4 is 34.8 Å². The van der Waals surface area contributed by atoms with E-state index in [9.17, 15) is 18.0 Å². The van der Waals surface area contributed by atoms with Crippen LogP contribution in [-0.2, 0) is 6.18 Å². The fourth-order valence-corrected chi connectivity index (χ4v) is 1.81. The van der Waals surface area contributed by atoms with E-state index in [1.165, 1.54) is 12.4 Å². The van der Waals surface area contributed by atoms with Gasteiger partial charge < -0.3 is 5.32 Å². The summed E-state index contributed by atoms with van der Waals surface area (Å²) in [5.41, 5.74) is -0.969. The number of rotatable bonds is 2. The molecule has 0 radical (unpaired) electrons. The van der Waals surface area contributed by atoms with Crippen molar-refractivity contribution in [2.75, 3.05) is 5.32 Å². The van der Waals surface area contributed by atoms with Gasteiger partial charge in [-0.15, -0.1) is 0 Å². The third-order valence-electron chi connectivity index (χ3n) is 2.38. The summed E-state index contributed by atoms with van der Waals surface area (Å²) in [5, 5.41) is 2.11. The van der Waals surface area contributed by atoms with E-state index in [0.29, 0.717) is 0 Å². The van der Waals surface area contributed by atoms with Crippen molar-refractivity contribution in [2.45, 2.75) is 6.18 Å². The molecule has 4 nitrogen and oxygen atoms in total. The van der Waals surface area contributed by atoms with Gasteiger partial charge in [0.25, 0.3) is 5.91 Å².